The number of halogens is 1. The molecule has 1 N–H and O–H groups in total. The van der Waals surface area contributed by atoms with Crippen LogP contribution in [0.25, 0.3) is 5.76 Å². The van der Waals surface area contributed by atoms with Gasteiger partial charge in [-0.15, -0.1) is 0 Å². The van der Waals surface area contributed by atoms with Crippen molar-refractivity contribution < 1.29 is 24.2 Å². The number of amides is 1. The van der Waals surface area contributed by atoms with E-state index in [-0.39, 0.29) is 11.1 Å². The Bertz CT molecular complexity index is 1250. The molecule has 168 valence electrons. The number of hydrogen-bond acceptors (Lipinski definition) is 6. The molecular weight excluding hydrogens is 444 g/mol. The highest BCUT2D eigenvalue weighted by molar-refractivity contribution is 6.52. The van der Waals surface area contributed by atoms with Crippen molar-refractivity contribution in [2.24, 2.45) is 0 Å². The Hall–Kier alpha value is -3.84. The van der Waals surface area contributed by atoms with Crippen molar-refractivity contribution in [3.05, 3.63) is 88.2 Å². The largest absolute Gasteiger partial charge is 0.506 e. The van der Waals surface area contributed by atoms with Gasteiger partial charge in [-0.05, 0) is 54.4 Å². The van der Waals surface area contributed by atoms with Gasteiger partial charge in [0.05, 0.1) is 25.8 Å². The quantitative estimate of drug-likeness (QED) is 0.335. The minimum absolute atomic E-state index is 0.0925. The van der Waals surface area contributed by atoms with E-state index in [1.165, 1.54) is 19.1 Å². The molecule has 1 aliphatic heterocycles. The van der Waals surface area contributed by atoms with E-state index in [0.717, 1.165) is 0 Å². The Kier molecular flexibility index (Phi) is 6.07. The predicted molar refractivity (Wildman–Crippen MR) is 125 cm³/mol. The Morgan fingerprint density at radius 1 is 1.06 bits per heavy atom. The molecule has 1 unspecified atom stereocenters. The molecule has 0 spiro atoms. The van der Waals surface area contributed by atoms with Crippen LogP contribution in [-0.4, -0.2) is 36.0 Å². The fourth-order valence-electron chi connectivity index (χ4n) is 4.04. The third kappa shape index (κ3) is 3.81. The number of methoxy groups -OCH3 is 2. The lowest BCUT2D eigenvalue weighted by Crippen LogP contribution is -2.30. The molecule has 0 aliphatic carbocycles. The highest BCUT2D eigenvalue weighted by Crippen LogP contribution is 2.45. The smallest absolute Gasteiger partial charge is 0.300 e. The monoisotopic (exact) mass is 464 g/mol. The lowest BCUT2D eigenvalue weighted by molar-refractivity contribution is -0.132. The first kappa shape index (κ1) is 22.4. The van der Waals surface area contributed by atoms with Crippen molar-refractivity contribution >= 4 is 34.7 Å². The van der Waals surface area contributed by atoms with Crippen LogP contribution in [0.1, 0.15) is 22.7 Å². The molecule has 4 rings (SSSR count). The number of ketones is 1. The van der Waals surface area contributed by atoms with Gasteiger partial charge >= 0.3 is 0 Å². The molecule has 1 aliphatic rings. The minimum atomic E-state index is -0.923. The predicted octanol–water partition coefficient (Wildman–Crippen LogP) is 4.69. The van der Waals surface area contributed by atoms with E-state index >= 15 is 0 Å². The normalized spacial score (nSPS) is 17.3. The van der Waals surface area contributed by atoms with E-state index in [1.54, 1.807) is 67.8 Å². The summed E-state index contributed by atoms with van der Waals surface area (Å²) in [7, 11) is 2.89. The lowest BCUT2D eigenvalue weighted by atomic mass is 9.95. The van der Waals surface area contributed by atoms with E-state index in [0.29, 0.717) is 33.3 Å². The number of anilines is 1. The van der Waals surface area contributed by atoms with Crippen LogP contribution >= 0.6 is 11.6 Å². The molecule has 3 aromatic rings. The number of nitrogens with zero attached hydrogens (tertiary/aromatic N) is 2. The van der Waals surface area contributed by atoms with E-state index in [9.17, 15) is 14.7 Å². The van der Waals surface area contributed by atoms with Crippen LogP contribution in [0, 0.1) is 6.92 Å². The fraction of sp³-hybridized carbons (Fsp3) is 0.160. The number of Topliss-reactive ketones (excluding diaryl/α,β-unsaturated/α-hetero) is 1. The zero-order valence-electron chi connectivity index (χ0n) is 18.2. The van der Waals surface area contributed by atoms with Gasteiger partial charge < -0.3 is 14.6 Å². The van der Waals surface area contributed by atoms with Gasteiger partial charge in [-0.2, -0.15) is 0 Å². The molecule has 7 nitrogen and oxygen atoms in total. The number of aliphatic hydroxyl groups excluding tert-OH is 1. The maximum atomic E-state index is 13.3. The second kappa shape index (κ2) is 8.96. The van der Waals surface area contributed by atoms with Crippen LogP contribution in [0.15, 0.2) is 66.5 Å². The Labute approximate surface area is 195 Å². The fourth-order valence-corrected chi connectivity index (χ4v) is 4.27. The summed E-state index contributed by atoms with van der Waals surface area (Å²) in [5.41, 5.74) is 1.85. The number of pyridine rings is 1. The summed E-state index contributed by atoms with van der Waals surface area (Å²) in [4.78, 5) is 32.1. The van der Waals surface area contributed by atoms with Crippen molar-refractivity contribution in [1.82, 2.24) is 4.98 Å². The lowest BCUT2D eigenvalue weighted by Gasteiger charge is -2.26. The minimum Gasteiger partial charge on any atom is -0.506 e. The van der Waals surface area contributed by atoms with Crippen LogP contribution in [0.2, 0.25) is 5.02 Å². The third-order valence-corrected chi connectivity index (χ3v) is 5.76. The molecule has 8 heteroatoms. The summed E-state index contributed by atoms with van der Waals surface area (Å²) in [6.45, 7) is 1.80. The number of rotatable bonds is 5. The first-order chi connectivity index (χ1) is 15.9. The van der Waals surface area contributed by atoms with Crippen LogP contribution in [0.3, 0.4) is 0 Å². The maximum Gasteiger partial charge on any atom is 0.300 e. The zero-order chi connectivity index (χ0) is 23.7. The molecular formula is C25H21ClN2O5. The van der Waals surface area contributed by atoms with Crippen LogP contribution in [0.5, 0.6) is 11.5 Å². The van der Waals surface area contributed by atoms with Gasteiger partial charge in [-0.1, -0.05) is 23.7 Å². The molecule has 0 saturated carbocycles. The van der Waals surface area contributed by atoms with Gasteiger partial charge in [0, 0.05) is 23.1 Å². The molecule has 1 saturated heterocycles. The van der Waals surface area contributed by atoms with Gasteiger partial charge in [0.25, 0.3) is 11.7 Å². The highest BCUT2D eigenvalue weighted by Gasteiger charge is 2.48. The van der Waals surface area contributed by atoms with Crippen molar-refractivity contribution in [1.29, 1.82) is 0 Å². The van der Waals surface area contributed by atoms with Crippen molar-refractivity contribution in [3.63, 3.8) is 0 Å². The second-order valence-electron chi connectivity index (χ2n) is 7.42. The molecule has 1 fully saturated rings. The number of carbonyl (C=O) groups is 2. The van der Waals surface area contributed by atoms with E-state index < -0.39 is 23.5 Å². The van der Waals surface area contributed by atoms with Crippen LogP contribution in [-0.2, 0) is 9.59 Å². The molecule has 2 aromatic carbocycles. The van der Waals surface area contributed by atoms with E-state index in [1.807, 2.05) is 0 Å². The van der Waals surface area contributed by atoms with E-state index in [4.69, 9.17) is 21.1 Å². The second-order valence-corrected chi connectivity index (χ2v) is 7.86. The molecule has 33 heavy (non-hydrogen) atoms. The standard InChI is InChI=1S/C25H21ClN2O5/c1-14-12-16(26)9-10-17(14)28-22(15-6-5-11-27-13-15)21(24(30)25(28)31)23(29)20-18(32-2)7-4-8-19(20)33-3/h4-13,22,29H,1-3H3/b23-21+. The molecule has 1 atom stereocenters. The van der Waals surface area contributed by atoms with Crippen molar-refractivity contribution in [2.75, 3.05) is 19.1 Å². The summed E-state index contributed by atoms with van der Waals surface area (Å²) in [6, 6.07) is 12.5. The SMILES string of the molecule is COc1cccc(OC)c1/C(O)=C1\C(=O)C(=O)N(c2ccc(Cl)cc2C)C1c1cccnc1. The van der Waals surface area contributed by atoms with Crippen LogP contribution in [0.4, 0.5) is 5.69 Å². The zero-order valence-corrected chi connectivity index (χ0v) is 19.0. The van der Waals surface area contributed by atoms with Gasteiger partial charge in [0.15, 0.2) is 0 Å². The third-order valence-electron chi connectivity index (χ3n) is 5.53. The number of aromatic nitrogens is 1. The molecule has 0 bridgehead atoms. The van der Waals surface area contributed by atoms with Gasteiger partial charge in [-0.3, -0.25) is 19.5 Å². The molecule has 1 aromatic heterocycles. The number of aliphatic hydroxyl groups is 1. The van der Waals surface area contributed by atoms with Crippen molar-refractivity contribution in [2.45, 2.75) is 13.0 Å². The first-order valence-electron chi connectivity index (χ1n) is 10.1. The first-order valence-corrected chi connectivity index (χ1v) is 10.4. The average Bonchev–Trinajstić information content (AvgIpc) is 3.09. The topological polar surface area (TPSA) is 89.0 Å². The summed E-state index contributed by atoms with van der Waals surface area (Å²) >= 11 is 6.11. The summed E-state index contributed by atoms with van der Waals surface area (Å²) < 4.78 is 10.8. The number of ether oxygens (including phenoxy) is 2. The van der Waals surface area contributed by atoms with Gasteiger partial charge in [0.2, 0.25) is 0 Å². The average molecular weight is 465 g/mol. The Morgan fingerprint density at radius 2 is 1.76 bits per heavy atom. The Balaban J connectivity index is 2.02. The van der Waals surface area contributed by atoms with E-state index in [2.05, 4.69) is 4.98 Å². The number of aryl methyl sites for hydroxylation is 1. The molecule has 0 radical (unpaired) electrons. The van der Waals surface area contributed by atoms with Crippen molar-refractivity contribution in [3.8, 4) is 11.5 Å². The maximum absolute atomic E-state index is 13.3. The summed E-state index contributed by atoms with van der Waals surface area (Å²) in [5.74, 6) is -1.41. The van der Waals surface area contributed by atoms with Crippen LogP contribution < -0.4 is 14.4 Å². The number of carbonyl (C=O) groups excluding carboxylic acids is 2. The highest BCUT2D eigenvalue weighted by atomic mass is 35.5. The number of benzene rings is 2. The van der Waals surface area contributed by atoms with Gasteiger partial charge in [0.1, 0.15) is 22.8 Å². The van der Waals surface area contributed by atoms with Gasteiger partial charge in [-0.25, -0.2) is 0 Å². The summed E-state index contributed by atoms with van der Waals surface area (Å²) in [5, 5.41) is 11.9. The molecule has 2 heterocycles. The molecule has 1 amide bonds. The number of hydrogen-bond donors (Lipinski definition) is 1. The summed E-state index contributed by atoms with van der Waals surface area (Å²) in [6.07, 6.45) is 3.15. The Morgan fingerprint density at radius 3 is 2.33 bits per heavy atom.